The van der Waals surface area contributed by atoms with Crippen LogP contribution in [0.5, 0.6) is 0 Å². The Labute approximate surface area is 166 Å². The van der Waals surface area contributed by atoms with Crippen LogP contribution < -0.4 is 16.8 Å². The van der Waals surface area contributed by atoms with Crippen molar-refractivity contribution in [1.82, 2.24) is 9.97 Å². The number of hydrogen-bond acceptors (Lipinski definition) is 7. The molecule has 0 saturated carbocycles. The van der Waals surface area contributed by atoms with Crippen LogP contribution in [0.2, 0.25) is 0 Å². The summed E-state index contributed by atoms with van der Waals surface area (Å²) >= 11 is 0. The summed E-state index contributed by atoms with van der Waals surface area (Å²) < 4.78 is 31.6. The Morgan fingerprint density at radius 3 is 2.07 bits per heavy atom. The summed E-state index contributed by atoms with van der Waals surface area (Å²) in [4.78, 5) is 8.66. The molecule has 28 heavy (non-hydrogen) atoms. The predicted molar refractivity (Wildman–Crippen MR) is 111 cm³/mol. The minimum Gasteiger partial charge on any atom is -0.383 e. The second kappa shape index (κ2) is 11.4. The van der Waals surface area contributed by atoms with Gasteiger partial charge in [0.05, 0.1) is 0 Å². The third kappa shape index (κ3) is 10.7. The maximum atomic E-state index is 8.74. The van der Waals surface area contributed by atoms with Gasteiger partial charge in [-0.05, 0) is 37.2 Å². The van der Waals surface area contributed by atoms with E-state index < -0.39 is 10.4 Å². The van der Waals surface area contributed by atoms with Crippen molar-refractivity contribution in [2.24, 2.45) is 5.92 Å². The average molecular weight is 412 g/mol. The Morgan fingerprint density at radius 1 is 1.04 bits per heavy atom. The molecule has 1 heterocycles. The minimum absolute atomic E-state index is 0.490. The Balaban J connectivity index is 0.000000696. The van der Waals surface area contributed by atoms with Crippen molar-refractivity contribution in [3.8, 4) is 0 Å². The van der Waals surface area contributed by atoms with E-state index in [-0.39, 0.29) is 0 Å². The van der Waals surface area contributed by atoms with Gasteiger partial charge >= 0.3 is 10.4 Å². The zero-order chi connectivity index (χ0) is 21.2. The lowest BCUT2D eigenvalue weighted by atomic mass is 10.0. The normalized spacial score (nSPS) is 11.0. The van der Waals surface area contributed by atoms with E-state index in [1.165, 1.54) is 5.56 Å². The van der Waals surface area contributed by atoms with Gasteiger partial charge in [0.25, 0.3) is 0 Å². The van der Waals surface area contributed by atoms with Gasteiger partial charge < -0.3 is 16.8 Å². The van der Waals surface area contributed by atoms with Gasteiger partial charge in [-0.1, -0.05) is 44.2 Å². The van der Waals surface area contributed by atoms with Crippen LogP contribution in [0.25, 0.3) is 0 Å². The third-order valence-electron chi connectivity index (χ3n) is 3.81. The molecule has 0 saturated heterocycles. The van der Waals surface area contributed by atoms with Gasteiger partial charge in [-0.25, -0.2) is 0 Å². The summed E-state index contributed by atoms with van der Waals surface area (Å²) in [5, 5.41) is 3.21. The SMILES string of the molecule is CC(C)CCc1c(N)nc(NCCCc2ccccc2)nc1N.O=S(=O)(O)O. The topological polar surface area (TPSA) is 164 Å². The standard InChI is InChI=1S/C18H27N5.H2O4S/c1-13(2)10-11-15-16(19)22-18(23-17(15)20)21-12-6-9-14-7-4-3-5-8-14;1-5(2,3)4/h3-5,7-8,13H,6,9-12H2,1-2H3,(H5,19,20,21,22,23);(H2,1,2,3,4). The quantitative estimate of drug-likeness (QED) is 0.324. The lowest BCUT2D eigenvalue weighted by Crippen LogP contribution is -2.12. The first kappa shape index (κ1) is 23.6. The molecule has 0 unspecified atom stereocenters. The van der Waals surface area contributed by atoms with Crippen molar-refractivity contribution in [2.75, 3.05) is 23.3 Å². The molecular formula is C18H29N5O4S. The Hall–Kier alpha value is -2.43. The van der Waals surface area contributed by atoms with Gasteiger partial charge in [0.1, 0.15) is 11.6 Å². The van der Waals surface area contributed by atoms with Crippen LogP contribution in [-0.2, 0) is 23.2 Å². The van der Waals surface area contributed by atoms with Crippen molar-refractivity contribution < 1.29 is 17.5 Å². The van der Waals surface area contributed by atoms with E-state index in [0.717, 1.165) is 37.8 Å². The molecule has 1 aromatic carbocycles. The average Bonchev–Trinajstić information content (AvgIpc) is 2.57. The molecule has 9 nitrogen and oxygen atoms in total. The number of aryl methyl sites for hydroxylation is 1. The van der Waals surface area contributed by atoms with Gasteiger partial charge in [0, 0.05) is 12.1 Å². The highest BCUT2D eigenvalue weighted by Gasteiger charge is 2.10. The smallest absolute Gasteiger partial charge is 0.383 e. The molecule has 1 aromatic heterocycles. The number of rotatable bonds is 8. The molecule has 0 aliphatic heterocycles. The zero-order valence-corrected chi connectivity index (χ0v) is 17.0. The zero-order valence-electron chi connectivity index (χ0n) is 16.2. The van der Waals surface area contributed by atoms with Crippen molar-refractivity contribution >= 4 is 28.0 Å². The van der Waals surface area contributed by atoms with E-state index in [0.29, 0.717) is 23.5 Å². The molecule has 0 atom stereocenters. The lowest BCUT2D eigenvalue weighted by Gasteiger charge is -2.12. The van der Waals surface area contributed by atoms with E-state index in [4.69, 9.17) is 29.0 Å². The molecule has 0 bridgehead atoms. The summed E-state index contributed by atoms with van der Waals surface area (Å²) in [6.45, 7) is 5.14. The number of nitrogens with zero attached hydrogens (tertiary/aromatic N) is 2. The van der Waals surface area contributed by atoms with Crippen molar-refractivity contribution in [1.29, 1.82) is 0 Å². The van der Waals surface area contributed by atoms with Crippen LogP contribution in [0, 0.1) is 5.92 Å². The van der Waals surface area contributed by atoms with Crippen LogP contribution in [0.4, 0.5) is 17.6 Å². The fourth-order valence-electron chi connectivity index (χ4n) is 2.42. The number of nitrogens with one attached hydrogen (secondary N) is 1. The first-order chi connectivity index (χ1) is 13.1. The van der Waals surface area contributed by atoms with Crippen LogP contribution in [0.15, 0.2) is 30.3 Å². The molecule has 156 valence electrons. The van der Waals surface area contributed by atoms with Gasteiger partial charge in [-0.3, -0.25) is 9.11 Å². The lowest BCUT2D eigenvalue weighted by molar-refractivity contribution is 0.381. The predicted octanol–water partition coefficient (Wildman–Crippen LogP) is 2.62. The van der Waals surface area contributed by atoms with Gasteiger partial charge in [0.2, 0.25) is 5.95 Å². The monoisotopic (exact) mass is 411 g/mol. The van der Waals surface area contributed by atoms with Crippen LogP contribution in [-0.4, -0.2) is 34.0 Å². The largest absolute Gasteiger partial charge is 0.394 e. The highest BCUT2D eigenvalue weighted by Crippen LogP contribution is 2.21. The van der Waals surface area contributed by atoms with Crippen molar-refractivity contribution in [3.05, 3.63) is 41.5 Å². The van der Waals surface area contributed by atoms with E-state index >= 15 is 0 Å². The number of benzene rings is 1. The van der Waals surface area contributed by atoms with Gasteiger partial charge in [-0.15, -0.1) is 0 Å². The van der Waals surface area contributed by atoms with Crippen LogP contribution in [0.1, 0.15) is 37.8 Å². The fourth-order valence-corrected chi connectivity index (χ4v) is 2.42. The summed E-state index contributed by atoms with van der Waals surface area (Å²) in [7, 11) is -4.67. The van der Waals surface area contributed by atoms with Crippen LogP contribution >= 0.6 is 0 Å². The molecule has 10 heteroatoms. The first-order valence-corrected chi connectivity index (χ1v) is 10.4. The Bertz CT molecular complexity index is 798. The number of aromatic nitrogens is 2. The number of nitrogen functional groups attached to an aromatic ring is 2. The van der Waals surface area contributed by atoms with Crippen LogP contribution in [0.3, 0.4) is 0 Å². The van der Waals surface area contributed by atoms with Crippen molar-refractivity contribution in [3.63, 3.8) is 0 Å². The summed E-state index contributed by atoms with van der Waals surface area (Å²) in [5.41, 5.74) is 14.3. The first-order valence-electron chi connectivity index (χ1n) is 8.95. The third-order valence-corrected chi connectivity index (χ3v) is 3.81. The molecule has 2 aromatic rings. The second-order valence-electron chi connectivity index (χ2n) is 6.69. The van der Waals surface area contributed by atoms with E-state index in [1.807, 2.05) is 6.07 Å². The molecule has 2 rings (SSSR count). The Morgan fingerprint density at radius 2 is 1.57 bits per heavy atom. The van der Waals surface area contributed by atoms with Crippen molar-refractivity contribution in [2.45, 2.75) is 39.5 Å². The number of nitrogens with two attached hydrogens (primary N) is 2. The fraction of sp³-hybridized carbons (Fsp3) is 0.444. The molecular weight excluding hydrogens is 382 g/mol. The number of anilines is 3. The van der Waals surface area contributed by atoms with E-state index in [2.05, 4.69) is 53.4 Å². The summed E-state index contributed by atoms with van der Waals surface area (Å²) in [6, 6.07) is 10.4. The van der Waals surface area contributed by atoms with Gasteiger partial charge in [-0.2, -0.15) is 18.4 Å². The second-order valence-corrected chi connectivity index (χ2v) is 7.59. The highest BCUT2D eigenvalue weighted by atomic mass is 32.3. The maximum absolute atomic E-state index is 8.74. The van der Waals surface area contributed by atoms with Gasteiger partial charge in [0.15, 0.2) is 0 Å². The molecule has 0 amide bonds. The number of hydrogen-bond donors (Lipinski definition) is 5. The molecule has 0 aliphatic rings. The molecule has 0 spiro atoms. The highest BCUT2D eigenvalue weighted by molar-refractivity contribution is 7.79. The Kier molecular flexibility index (Phi) is 9.63. The molecule has 0 fully saturated rings. The molecule has 0 radical (unpaired) electrons. The summed E-state index contributed by atoms with van der Waals surface area (Å²) in [5.74, 6) is 2.10. The molecule has 7 N–H and O–H groups in total. The van der Waals surface area contributed by atoms with E-state index in [1.54, 1.807) is 0 Å². The summed E-state index contributed by atoms with van der Waals surface area (Å²) in [6.07, 6.45) is 3.87. The minimum atomic E-state index is -4.67. The maximum Gasteiger partial charge on any atom is 0.394 e. The molecule has 0 aliphatic carbocycles. The van der Waals surface area contributed by atoms with E-state index in [9.17, 15) is 0 Å².